The van der Waals surface area contributed by atoms with E-state index in [9.17, 15) is 5.11 Å². The number of aromatic nitrogens is 2. The number of aliphatic imine (C=N–C) groups is 1. The van der Waals surface area contributed by atoms with Crippen LogP contribution in [-0.4, -0.2) is 21.4 Å². The Morgan fingerprint density at radius 1 is 1.12 bits per heavy atom. The molecule has 2 heterocycles. The van der Waals surface area contributed by atoms with Gasteiger partial charge < -0.3 is 10.1 Å². The second-order valence-corrected chi connectivity index (χ2v) is 6.28. The molecule has 4 rings (SSSR count). The summed E-state index contributed by atoms with van der Waals surface area (Å²) in [6, 6.07) is 15.9. The van der Waals surface area contributed by atoms with E-state index in [4.69, 9.17) is 0 Å². The van der Waals surface area contributed by atoms with Gasteiger partial charge in [-0.1, -0.05) is 48.2 Å². The lowest BCUT2D eigenvalue weighted by Gasteiger charge is -1.97. The van der Waals surface area contributed by atoms with Crippen LogP contribution < -0.4 is 10.6 Å². The third-order valence-corrected chi connectivity index (χ3v) is 4.56. The van der Waals surface area contributed by atoms with E-state index in [1.54, 1.807) is 18.1 Å². The first kappa shape index (κ1) is 14.7. The molecule has 0 spiro atoms. The Hall–Kier alpha value is -2.86. The number of aromatic amines is 1. The largest absolute Gasteiger partial charge is 0.492 e. The van der Waals surface area contributed by atoms with Crippen LogP contribution in [0.3, 0.4) is 0 Å². The molecule has 0 atom stereocenters. The first-order valence-electron chi connectivity index (χ1n) is 7.46. The van der Waals surface area contributed by atoms with Crippen molar-refractivity contribution in [3.05, 3.63) is 70.4 Å². The molecule has 2 N–H and O–H groups in total. The Kier molecular flexibility index (Phi) is 3.88. The van der Waals surface area contributed by atoms with Gasteiger partial charge in [0.1, 0.15) is 12.0 Å². The van der Waals surface area contributed by atoms with Crippen molar-refractivity contribution >= 4 is 29.9 Å². The van der Waals surface area contributed by atoms with Gasteiger partial charge >= 0.3 is 0 Å². The van der Waals surface area contributed by atoms with Crippen molar-refractivity contribution in [1.82, 2.24) is 9.97 Å². The van der Waals surface area contributed by atoms with Gasteiger partial charge in [0.05, 0.1) is 11.0 Å². The normalized spacial score (nSPS) is 13.1. The van der Waals surface area contributed by atoms with E-state index in [0.29, 0.717) is 10.9 Å². The number of hydrogen-bond donors (Lipinski definition) is 2. The third kappa shape index (κ3) is 3.09. The molecule has 118 valence electrons. The van der Waals surface area contributed by atoms with Crippen LogP contribution in [0.25, 0.3) is 6.08 Å². The van der Waals surface area contributed by atoms with Crippen LogP contribution in [0.5, 0.6) is 5.88 Å². The van der Waals surface area contributed by atoms with E-state index in [-0.39, 0.29) is 5.88 Å². The summed E-state index contributed by atoms with van der Waals surface area (Å²) in [5.74, 6) is 0.793. The minimum atomic E-state index is -0.000695. The molecular formula is C18H14N4OS. The summed E-state index contributed by atoms with van der Waals surface area (Å²) in [5, 5.41) is 12.5. The maximum Gasteiger partial charge on any atom is 0.237 e. The van der Waals surface area contributed by atoms with Crippen molar-refractivity contribution in [3.63, 3.8) is 0 Å². The van der Waals surface area contributed by atoms with Crippen molar-refractivity contribution in [1.29, 1.82) is 0 Å². The molecule has 0 bridgehead atoms. The van der Waals surface area contributed by atoms with Crippen LogP contribution in [0, 0.1) is 0 Å². The number of rotatable bonds is 4. The predicted octanol–water partition coefficient (Wildman–Crippen LogP) is 2.53. The summed E-state index contributed by atoms with van der Waals surface area (Å²) in [4.78, 5) is 15.7. The van der Waals surface area contributed by atoms with Crippen molar-refractivity contribution in [2.75, 3.05) is 0 Å². The molecule has 0 unspecified atom stereocenters. The first-order chi connectivity index (χ1) is 11.8. The molecule has 24 heavy (non-hydrogen) atoms. The van der Waals surface area contributed by atoms with Crippen molar-refractivity contribution in [2.45, 2.75) is 10.9 Å². The van der Waals surface area contributed by atoms with Crippen LogP contribution in [0.15, 0.2) is 63.7 Å². The number of nitrogens with one attached hydrogen (secondary N) is 1. The second-order valence-electron chi connectivity index (χ2n) is 5.32. The Morgan fingerprint density at radius 2 is 2.00 bits per heavy atom. The van der Waals surface area contributed by atoms with E-state index in [0.717, 1.165) is 22.0 Å². The van der Waals surface area contributed by atoms with Crippen molar-refractivity contribution < 1.29 is 5.11 Å². The fourth-order valence-electron chi connectivity index (χ4n) is 2.41. The van der Waals surface area contributed by atoms with Crippen LogP contribution in [0.1, 0.15) is 11.3 Å². The summed E-state index contributed by atoms with van der Waals surface area (Å²) < 4.78 is 0. The molecule has 1 aromatic heterocycles. The zero-order valence-electron chi connectivity index (χ0n) is 12.7. The number of H-pyrrole nitrogens is 1. The highest BCUT2D eigenvalue weighted by molar-refractivity contribution is 7.98. The van der Waals surface area contributed by atoms with Gasteiger partial charge in [-0.3, -0.25) is 0 Å². The summed E-state index contributed by atoms with van der Waals surface area (Å²) >= 11 is 1.55. The molecule has 0 amide bonds. The lowest BCUT2D eigenvalue weighted by Crippen LogP contribution is -2.06. The summed E-state index contributed by atoms with van der Waals surface area (Å²) in [6.45, 7) is 0. The van der Waals surface area contributed by atoms with Gasteiger partial charge in [0.15, 0.2) is 5.16 Å². The maximum absolute atomic E-state index is 10.0. The Labute approximate surface area is 142 Å². The van der Waals surface area contributed by atoms with Gasteiger partial charge in [-0.25, -0.2) is 9.98 Å². The molecule has 0 radical (unpaired) electrons. The average Bonchev–Trinajstić information content (AvgIpc) is 3.20. The summed E-state index contributed by atoms with van der Waals surface area (Å²) in [5.41, 5.74) is 2.63. The Bertz CT molecular complexity index is 1020. The van der Waals surface area contributed by atoms with E-state index in [2.05, 4.69) is 32.1 Å². The highest BCUT2D eigenvalue weighted by Crippen LogP contribution is 2.24. The zero-order valence-corrected chi connectivity index (χ0v) is 13.5. The monoisotopic (exact) mass is 334 g/mol. The molecule has 1 aliphatic rings. The summed E-state index contributed by atoms with van der Waals surface area (Å²) in [6.07, 6.45) is 3.39. The average molecular weight is 334 g/mol. The fourth-order valence-corrected chi connectivity index (χ4v) is 3.24. The number of benzene rings is 2. The van der Waals surface area contributed by atoms with Gasteiger partial charge in [0.2, 0.25) is 5.88 Å². The molecule has 2 aromatic carbocycles. The van der Waals surface area contributed by atoms with Crippen LogP contribution >= 0.6 is 11.8 Å². The molecule has 1 aliphatic heterocycles. The molecular weight excluding hydrogens is 320 g/mol. The van der Waals surface area contributed by atoms with Crippen molar-refractivity contribution in [2.24, 2.45) is 9.98 Å². The lowest BCUT2D eigenvalue weighted by atomic mass is 10.2. The van der Waals surface area contributed by atoms with E-state index >= 15 is 0 Å². The van der Waals surface area contributed by atoms with Crippen LogP contribution in [0.2, 0.25) is 0 Å². The topological polar surface area (TPSA) is 73.6 Å². The molecule has 6 heteroatoms. The quantitative estimate of drug-likeness (QED) is 0.720. The number of fused-ring (bicyclic) bond motifs is 1. The van der Waals surface area contributed by atoms with Gasteiger partial charge in [-0.05, 0) is 29.0 Å². The maximum atomic E-state index is 10.0. The van der Waals surface area contributed by atoms with E-state index in [1.165, 1.54) is 5.56 Å². The predicted molar refractivity (Wildman–Crippen MR) is 95.2 cm³/mol. The number of thioether (sulfide) groups is 1. The van der Waals surface area contributed by atoms with E-state index < -0.39 is 0 Å². The molecule has 0 aliphatic carbocycles. The van der Waals surface area contributed by atoms with Crippen LogP contribution in [0.4, 0.5) is 5.69 Å². The van der Waals surface area contributed by atoms with Crippen molar-refractivity contribution in [3.8, 4) is 5.88 Å². The molecule has 3 aromatic rings. The highest BCUT2D eigenvalue weighted by atomic mass is 32.2. The molecule has 0 fully saturated rings. The van der Waals surface area contributed by atoms with Crippen LogP contribution in [-0.2, 0) is 5.75 Å². The number of imidazole rings is 1. The number of nitrogens with zero attached hydrogens (tertiary/aromatic N) is 3. The fraction of sp³-hybridized carbons (Fsp3) is 0.0556. The van der Waals surface area contributed by atoms with Gasteiger partial charge in [0, 0.05) is 5.75 Å². The SMILES string of the molecule is Oc1nc(SCc2ccccc2)[nH]c1C=c1ccc2c(c1)N=CN=2. The Morgan fingerprint density at radius 3 is 2.88 bits per heavy atom. The van der Waals surface area contributed by atoms with Gasteiger partial charge in [-0.15, -0.1) is 0 Å². The summed E-state index contributed by atoms with van der Waals surface area (Å²) in [7, 11) is 0. The van der Waals surface area contributed by atoms with Gasteiger partial charge in [-0.2, -0.15) is 4.98 Å². The number of aromatic hydroxyl groups is 1. The third-order valence-electron chi connectivity index (χ3n) is 3.61. The first-order valence-corrected chi connectivity index (χ1v) is 8.44. The smallest absolute Gasteiger partial charge is 0.237 e. The van der Waals surface area contributed by atoms with E-state index in [1.807, 2.05) is 42.5 Å². The second kappa shape index (κ2) is 6.33. The van der Waals surface area contributed by atoms with Gasteiger partial charge in [0.25, 0.3) is 0 Å². The number of hydrogen-bond acceptors (Lipinski definition) is 5. The standard InChI is InChI=1S/C18H14N4OS/c23-17-16(9-13-6-7-14-15(8-13)20-11-19-14)21-18(22-17)24-10-12-4-2-1-3-5-12/h1-9,11,23H,10H2,(H,21,22). The minimum Gasteiger partial charge on any atom is -0.492 e. The molecule has 0 saturated heterocycles. The minimum absolute atomic E-state index is 0.000695. The Balaban J connectivity index is 1.56. The lowest BCUT2D eigenvalue weighted by molar-refractivity contribution is 0.453. The molecule has 5 nitrogen and oxygen atoms in total. The zero-order chi connectivity index (χ0) is 16.4. The molecule has 0 saturated carbocycles. The highest BCUT2D eigenvalue weighted by Gasteiger charge is 2.08.